The molecule has 0 aliphatic heterocycles. The van der Waals surface area contributed by atoms with E-state index in [1.165, 1.54) is 5.82 Å². The lowest BCUT2D eigenvalue weighted by Gasteiger charge is -2.20. The first-order chi connectivity index (χ1) is 7.17. The van der Waals surface area contributed by atoms with Crippen LogP contribution in [-0.4, -0.2) is 48.2 Å². The molecule has 0 fully saturated rings. The van der Waals surface area contributed by atoms with E-state index in [0.29, 0.717) is 6.04 Å². The SMILES string of the molecule is CCn1ccnc1CC(CN(C)C)NC. The highest BCUT2D eigenvalue weighted by Gasteiger charge is 2.11. The van der Waals surface area contributed by atoms with Gasteiger partial charge in [-0.2, -0.15) is 0 Å². The minimum absolute atomic E-state index is 0.465. The summed E-state index contributed by atoms with van der Waals surface area (Å²) in [5, 5.41) is 3.33. The second-order valence-electron chi connectivity index (χ2n) is 4.08. The van der Waals surface area contributed by atoms with E-state index in [4.69, 9.17) is 0 Å². The molecule has 0 radical (unpaired) electrons. The van der Waals surface area contributed by atoms with Crippen molar-refractivity contribution in [3.63, 3.8) is 0 Å². The average molecular weight is 210 g/mol. The van der Waals surface area contributed by atoms with Gasteiger partial charge >= 0.3 is 0 Å². The zero-order valence-corrected chi connectivity index (χ0v) is 10.2. The van der Waals surface area contributed by atoms with Crippen molar-refractivity contribution >= 4 is 0 Å². The van der Waals surface area contributed by atoms with Gasteiger partial charge in [-0.1, -0.05) is 0 Å². The van der Waals surface area contributed by atoms with Gasteiger partial charge in [-0.25, -0.2) is 4.98 Å². The lowest BCUT2D eigenvalue weighted by Crippen LogP contribution is -2.38. The smallest absolute Gasteiger partial charge is 0.110 e. The maximum absolute atomic E-state index is 4.39. The third-order valence-corrected chi connectivity index (χ3v) is 2.57. The van der Waals surface area contributed by atoms with E-state index in [2.05, 4.69) is 40.8 Å². The molecule has 86 valence electrons. The number of nitrogens with zero attached hydrogens (tertiary/aromatic N) is 3. The molecule has 0 saturated heterocycles. The molecule has 0 bridgehead atoms. The van der Waals surface area contributed by atoms with Crippen LogP contribution in [0, 0.1) is 0 Å². The summed E-state index contributed by atoms with van der Waals surface area (Å²) >= 11 is 0. The number of aryl methyl sites for hydroxylation is 1. The van der Waals surface area contributed by atoms with Crippen LogP contribution in [0.15, 0.2) is 12.4 Å². The van der Waals surface area contributed by atoms with Gasteiger partial charge in [-0.05, 0) is 28.1 Å². The largest absolute Gasteiger partial charge is 0.335 e. The van der Waals surface area contributed by atoms with Crippen LogP contribution in [0.4, 0.5) is 0 Å². The molecule has 1 aromatic heterocycles. The first-order valence-electron chi connectivity index (χ1n) is 5.49. The fourth-order valence-electron chi connectivity index (χ4n) is 1.74. The lowest BCUT2D eigenvalue weighted by molar-refractivity contribution is 0.342. The van der Waals surface area contributed by atoms with Crippen LogP contribution in [0.25, 0.3) is 0 Å². The standard InChI is InChI=1S/C11H22N4/c1-5-15-7-6-13-11(15)8-10(12-2)9-14(3)4/h6-7,10,12H,5,8-9H2,1-4H3. The molecule has 15 heavy (non-hydrogen) atoms. The molecule has 0 spiro atoms. The third-order valence-electron chi connectivity index (χ3n) is 2.57. The molecule has 0 saturated carbocycles. The molecule has 4 heteroatoms. The second kappa shape index (κ2) is 5.88. The zero-order chi connectivity index (χ0) is 11.3. The van der Waals surface area contributed by atoms with E-state index in [1.807, 2.05) is 19.4 Å². The summed E-state index contributed by atoms with van der Waals surface area (Å²) in [5.41, 5.74) is 0. The van der Waals surface area contributed by atoms with Crippen LogP contribution in [0.2, 0.25) is 0 Å². The van der Waals surface area contributed by atoms with Crippen LogP contribution in [0.3, 0.4) is 0 Å². The number of aromatic nitrogens is 2. The average Bonchev–Trinajstić information content (AvgIpc) is 2.63. The fourth-order valence-corrected chi connectivity index (χ4v) is 1.74. The maximum atomic E-state index is 4.39. The fraction of sp³-hybridized carbons (Fsp3) is 0.727. The monoisotopic (exact) mass is 210 g/mol. The summed E-state index contributed by atoms with van der Waals surface area (Å²) in [6, 6.07) is 0.465. The van der Waals surface area contributed by atoms with Crippen LogP contribution in [-0.2, 0) is 13.0 Å². The lowest BCUT2D eigenvalue weighted by atomic mass is 10.2. The van der Waals surface area contributed by atoms with Gasteiger partial charge in [0.25, 0.3) is 0 Å². The number of rotatable bonds is 6. The first kappa shape index (κ1) is 12.2. The molecule has 0 aliphatic carbocycles. The molecule has 1 heterocycles. The topological polar surface area (TPSA) is 33.1 Å². The Morgan fingerprint density at radius 2 is 2.27 bits per heavy atom. The maximum Gasteiger partial charge on any atom is 0.110 e. The Kier molecular flexibility index (Phi) is 4.78. The molecule has 0 aliphatic rings. The van der Waals surface area contributed by atoms with Crippen molar-refractivity contribution in [1.29, 1.82) is 0 Å². The highest BCUT2D eigenvalue weighted by atomic mass is 15.1. The van der Waals surface area contributed by atoms with Crippen molar-refractivity contribution in [2.45, 2.75) is 25.9 Å². The van der Waals surface area contributed by atoms with Gasteiger partial charge in [0, 0.05) is 37.9 Å². The number of likely N-dealkylation sites (N-methyl/N-ethyl adjacent to an activating group) is 2. The molecule has 0 amide bonds. The molecule has 1 rings (SSSR count). The highest BCUT2D eigenvalue weighted by Crippen LogP contribution is 2.02. The van der Waals surface area contributed by atoms with Crippen LogP contribution >= 0.6 is 0 Å². The zero-order valence-electron chi connectivity index (χ0n) is 10.2. The van der Waals surface area contributed by atoms with Crippen molar-refractivity contribution < 1.29 is 0 Å². The number of hydrogen-bond donors (Lipinski definition) is 1. The van der Waals surface area contributed by atoms with Crippen molar-refractivity contribution in [2.75, 3.05) is 27.7 Å². The Labute approximate surface area is 92.3 Å². The van der Waals surface area contributed by atoms with Gasteiger partial charge in [0.15, 0.2) is 0 Å². The van der Waals surface area contributed by atoms with Gasteiger partial charge in [-0.3, -0.25) is 0 Å². The van der Waals surface area contributed by atoms with Gasteiger partial charge in [0.2, 0.25) is 0 Å². The van der Waals surface area contributed by atoms with Crippen LogP contribution in [0.1, 0.15) is 12.7 Å². The van der Waals surface area contributed by atoms with E-state index in [1.54, 1.807) is 0 Å². The van der Waals surface area contributed by atoms with Crippen LogP contribution < -0.4 is 5.32 Å². The summed E-state index contributed by atoms with van der Waals surface area (Å²) in [6.07, 6.45) is 4.90. The van der Waals surface area contributed by atoms with Crippen molar-refractivity contribution in [1.82, 2.24) is 19.8 Å². The minimum Gasteiger partial charge on any atom is -0.335 e. The van der Waals surface area contributed by atoms with Gasteiger partial charge in [-0.15, -0.1) is 0 Å². The summed E-state index contributed by atoms with van der Waals surface area (Å²) < 4.78 is 2.19. The summed E-state index contributed by atoms with van der Waals surface area (Å²) in [6.45, 7) is 4.17. The Morgan fingerprint density at radius 3 is 2.80 bits per heavy atom. The molecule has 1 N–H and O–H groups in total. The van der Waals surface area contributed by atoms with E-state index in [-0.39, 0.29) is 0 Å². The van der Waals surface area contributed by atoms with Gasteiger partial charge in [0.05, 0.1) is 0 Å². The minimum atomic E-state index is 0.465. The molecule has 0 aromatic carbocycles. The second-order valence-corrected chi connectivity index (χ2v) is 4.08. The molecule has 1 aromatic rings. The normalized spacial score (nSPS) is 13.4. The number of nitrogens with one attached hydrogen (secondary N) is 1. The van der Waals surface area contributed by atoms with Crippen molar-refractivity contribution in [2.24, 2.45) is 0 Å². The summed E-state index contributed by atoms with van der Waals surface area (Å²) in [4.78, 5) is 6.58. The molecule has 1 unspecified atom stereocenters. The number of imidazole rings is 1. The third kappa shape index (κ3) is 3.64. The Balaban J connectivity index is 2.58. The van der Waals surface area contributed by atoms with Crippen LogP contribution in [0.5, 0.6) is 0 Å². The van der Waals surface area contributed by atoms with E-state index < -0.39 is 0 Å². The molecule has 1 atom stereocenters. The van der Waals surface area contributed by atoms with Crippen molar-refractivity contribution in [3.8, 4) is 0 Å². The number of hydrogen-bond acceptors (Lipinski definition) is 3. The van der Waals surface area contributed by atoms with E-state index in [9.17, 15) is 0 Å². The summed E-state index contributed by atoms with van der Waals surface area (Å²) in [5.74, 6) is 1.17. The molecular formula is C11H22N4. The Morgan fingerprint density at radius 1 is 1.53 bits per heavy atom. The Bertz CT molecular complexity index is 280. The van der Waals surface area contributed by atoms with Gasteiger partial charge in [0.1, 0.15) is 5.82 Å². The predicted octanol–water partition coefficient (Wildman–Crippen LogP) is 0.595. The predicted molar refractivity (Wildman–Crippen MR) is 63.0 cm³/mol. The molecular weight excluding hydrogens is 188 g/mol. The highest BCUT2D eigenvalue weighted by molar-refractivity contribution is 4.95. The van der Waals surface area contributed by atoms with E-state index in [0.717, 1.165) is 19.5 Å². The Hall–Kier alpha value is -0.870. The molecule has 4 nitrogen and oxygen atoms in total. The first-order valence-corrected chi connectivity index (χ1v) is 5.49. The van der Waals surface area contributed by atoms with E-state index >= 15 is 0 Å². The van der Waals surface area contributed by atoms with Gasteiger partial charge < -0.3 is 14.8 Å². The summed E-state index contributed by atoms with van der Waals surface area (Å²) in [7, 11) is 6.20. The quantitative estimate of drug-likeness (QED) is 0.746. The van der Waals surface area contributed by atoms with Crippen molar-refractivity contribution in [3.05, 3.63) is 18.2 Å².